The fourth-order valence-electron chi connectivity index (χ4n) is 4.84. The molecule has 1 spiro atoms. The molecule has 4 fully saturated rings. The van der Waals surface area contributed by atoms with Crippen LogP contribution in [0.3, 0.4) is 0 Å². The molecule has 4 rings (SSSR count). The third kappa shape index (κ3) is 3.16. The maximum Gasteiger partial charge on any atom is 0.324 e. The van der Waals surface area contributed by atoms with Crippen LogP contribution in [0.15, 0.2) is 0 Å². The smallest absolute Gasteiger partial charge is 0.324 e. The summed E-state index contributed by atoms with van der Waals surface area (Å²) in [6.45, 7) is 0.481. The van der Waals surface area contributed by atoms with E-state index in [4.69, 9.17) is 4.74 Å². The third-order valence-corrected chi connectivity index (χ3v) is 9.97. The van der Waals surface area contributed by atoms with E-state index in [9.17, 15) is 14.4 Å². The van der Waals surface area contributed by atoms with Crippen LogP contribution in [0, 0.1) is 17.8 Å². The van der Waals surface area contributed by atoms with Crippen LogP contribution >= 0.6 is 23.5 Å². The zero-order valence-electron chi connectivity index (χ0n) is 14.2. The molecule has 0 aromatic heterocycles. The summed E-state index contributed by atoms with van der Waals surface area (Å²) in [5.41, 5.74) is 0. The van der Waals surface area contributed by atoms with Crippen LogP contribution in [0.2, 0.25) is 0 Å². The van der Waals surface area contributed by atoms with Crippen LogP contribution < -0.4 is 5.32 Å². The van der Waals surface area contributed by atoms with E-state index in [0.29, 0.717) is 29.0 Å². The summed E-state index contributed by atoms with van der Waals surface area (Å²) in [6, 6.07) is -0.398. The number of esters is 1. The van der Waals surface area contributed by atoms with Gasteiger partial charge >= 0.3 is 12.0 Å². The molecule has 3 atom stereocenters. The number of urea groups is 1. The van der Waals surface area contributed by atoms with Gasteiger partial charge < -0.3 is 10.1 Å². The summed E-state index contributed by atoms with van der Waals surface area (Å²) in [5.74, 6) is 2.82. The second-order valence-electron chi connectivity index (χ2n) is 7.30. The molecule has 3 amide bonds. The monoisotopic (exact) mass is 384 g/mol. The van der Waals surface area contributed by atoms with Crippen molar-refractivity contribution in [3.05, 3.63) is 0 Å². The predicted molar refractivity (Wildman–Crippen MR) is 97.3 cm³/mol. The Kier molecular flexibility index (Phi) is 4.92. The topological polar surface area (TPSA) is 75.7 Å². The Balaban J connectivity index is 1.34. The molecule has 2 bridgehead atoms. The van der Waals surface area contributed by atoms with Gasteiger partial charge in [-0.3, -0.25) is 14.5 Å². The van der Waals surface area contributed by atoms with E-state index in [0.717, 1.165) is 17.7 Å². The van der Waals surface area contributed by atoms with E-state index >= 15 is 0 Å². The van der Waals surface area contributed by atoms with Gasteiger partial charge in [0.15, 0.2) is 6.61 Å². The molecule has 138 valence electrons. The van der Waals surface area contributed by atoms with Gasteiger partial charge in [-0.1, -0.05) is 6.42 Å². The lowest BCUT2D eigenvalue weighted by atomic mass is 9.67. The Bertz CT molecular complexity index is 563. The summed E-state index contributed by atoms with van der Waals surface area (Å²) >= 11 is 4.22. The van der Waals surface area contributed by atoms with Crippen molar-refractivity contribution in [3.63, 3.8) is 0 Å². The lowest BCUT2D eigenvalue weighted by Gasteiger charge is -2.51. The molecule has 2 saturated carbocycles. The first-order valence-corrected chi connectivity index (χ1v) is 11.1. The maximum absolute atomic E-state index is 12.5. The molecule has 1 unspecified atom stereocenters. The summed E-state index contributed by atoms with van der Waals surface area (Å²) in [4.78, 5) is 37.2. The molecular weight excluding hydrogens is 360 g/mol. The number of thioether (sulfide) groups is 2. The largest absolute Gasteiger partial charge is 0.455 e. The molecular formula is C17H24N2O4S2. The lowest BCUT2D eigenvalue weighted by molar-refractivity contribution is -0.156. The molecule has 0 radical (unpaired) electrons. The average Bonchev–Trinajstić information content (AvgIpc) is 3.22. The molecule has 0 aromatic rings. The van der Waals surface area contributed by atoms with Gasteiger partial charge in [-0.2, -0.15) is 0 Å². The first-order valence-electron chi connectivity index (χ1n) is 9.13. The normalized spacial score (nSPS) is 33.4. The van der Waals surface area contributed by atoms with Gasteiger partial charge in [0.25, 0.3) is 5.91 Å². The van der Waals surface area contributed by atoms with Gasteiger partial charge in [0.2, 0.25) is 0 Å². The van der Waals surface area contributed by atoms with Crippen molar-refractivity contribution in [2.75, 3.05) is 31.2 Å². The molecule has 6 nitrogen and oxygen atoms in total. The van der Waals surface area contributed by atoms with Gasteiger partial charge in [0.1, 0.15) is 0 Å². The average molecular weight is 385 g/mol. The first kappa shape index (κ1) is 17.5. The Hall–Kier alpha value is -0.890. The number of hydrogen-bond acceptors (Lipinski definition) is 6. The fourth-order valence-corrected chi connectivity index (χ4v) is 8.78. The molecule has 0 aromatic carbocycles. The number of carbonyl (C=O) groups is 3. The van der Waals surface area contributed by atoms with Gasteiger partial charge in [-0.25, -0.2) is 4.79 Å². The van der Waals surface area contributed by atoms with Crippen molar-refractivity contribution in [2.45, 2.75) is 36.2 Å². The number of imide groups is 1. The van der Waals surface area contributed by atoms with Crippen LogP contribution in [0.4, 0.5) is 4.79 Å². The molecule has 2 aliphatic carbocycles. The molecule has 2 heterocycles. The summed E-state index contributed by atoms with van der Waals surface area (Å²) < 4.78 is 5.63. The van der Waals surface area contributed by atoms with Crippen LogP contribution in [-0.2, 0) is 14.3 Å². The highest BCUT2D eigenvalue weighted by molar-refractivity contribution is 8.21. The highest BCUT2D eigenvalue weighted by Crippen LogP contribution is 2.64. The number of rotatable bonds is 3. The minimum atomic E-state index is -0.433. The first-order chi connectivity index (χ1) is 12.1. The Morgan fingerprint density at radius 2 is 1.88 bits per heavy atom. The number of nitrogens with zero attached hydrogens (tertiary/aromatic N) is 1. The zero-order chi connectivity index (χ0) is 17.4. The van der Waals surface area contributed by atoms with Crippen molar-refractivity contribution in [2.24, 2.45) is 17.8 Å². The molecule has 1 N–H and O–H groups in total. The predicted octanol–water partition coefficient (Wildman–Crippen LogP) is 2.08. The lowest BCUT2D eigenvalue weighted by Crippen LogP contribution is -2.48. The number of nitrogens with one attached hydrogen (secondary N) is 1. The number of ether oxygens (including phenoxy) is 1. The second-order valence-corrected chi connectivity index (χ2v) is 10.3. The maximum atomic E-state index is 12.5. The highest BCUT2D eigenvalue weighted by atomic mass is 32.2. The summed E-state index contributed by atoms with van der Waals surface area (Å²) in [6.07, 6.45) is 5.43. The van der Waals surface area contributed by atoms with Gasteiger partial charge in [0, 0.05) is 24.6 Å². The molecule has 2 saturated heterocycles. The molecule has 2 aliphatic heterocycles. The summed E-state index contributed by atoms with van der Waals surface area (Å²) in [7, 11) is 0. The van der Waals surface area contributed by atoms with E-state index in [-0.39, 0.29) is 18.5 Å². The van der Waals surface area contributed by atoms with E-state index < -0.39 is 11.9 Å². The van der Waals surface area contributed by atoms with E-state index in [1.165, 1.54) is 30.8 Å². The molecule has 4 aliphatic rings. The van der Waals surface area contributed by atoms with Gasteiger partial charge in [0.05, 0.1) is 10.00 Å². The SMILES string of the molecule is O=C(OCC(=O)N1CCNC1=O)C1C[C@H]2CCC[C@@H](C1)C21SCCS1. The quantitative estimate of drug-likeness (QED) is 0.751. The van der Waals surface area contributed by atoms with E-state index in [1.54, 1.807) is 0 Å². The highest BCUT2D eigenvalue weighted by Gasteiger charge is 2.55. The van der Waals surface area contributed by atoms with Gasteiger partial charge in [-0.15, -0.1) is 23.5 Å². The standard InChI is InChI=1S/C17H24N2O4S2/c20-14(19-5-4-18-16(19)22)10-23-15(21)11-8-12-2-1-3-13(9-11)17(12)24-6-7-25-17/h11-13H,1-10H2,(H,18,22)/t11?,12-,13+. The van der Waals surface area contributed by atoms with E-state index in [1.807, 2.05) is 0 Å². The zero-order valence-corrected chi connectivity index (χ0v) is 15.8. The molecule has 25 heavy (non-hydrogen) atoms. The minimum Gasteiger partial charge on any atom is -0.455 e. The number of carbonyl (C=O) groups excluding carboxylic acids is 3. The summed E-state index contributed by atoms with van der Waals surface area (Å²) in [5, 5.41) is 2.58. The Labute approximate surface area is 156 Å². The minimum absolute atomic E-state index is 0.0945. The Morgan fingerprint density at radius 1 is 1.20 bits per heavy atom. The second kappa shape index (κ2) is 7.02. The van der Waals surface area contributed by atoms with Crippen LogP contribution in [0.25, 0.3) is 0 Å². The van der Waals surface area contributed by atoms with E-state index in [2.05, 4.69) is 28.8 Å². The van der Waals surface area contributed by atoms with Crippen LogP contribution in [0.1, 0.15) is 32.1 Å². The van der Waals surface area contributed by atoms with Crippen molar-refractivity contribution < 1.29 is 19.1 Å². The van der Waals surface area contributed by atoms with Crippen molar-refractivity contribution in [3.8, 4) is 0 Å². The third-order valence-electron chi connectivity index (χ3n) is 5.95. The van der Waals surface area contributed by atoms with Crippen molar-refractivity contribution in [1.29, 1.82) is 0 Å². The van der Waals surface area contributed by atoms with Crippen molar-refractivity contribution >= 4 is 41.4 Å². The van der Waals surface area contributed by atoms with Crippen LogP contribution in [0.5, 0.6) is 0 Å². The Morgan fingerprint density at radius 3 is 2.48 bits per heavy atom. The molecule has 8 heteroatoms. The van der Waals surface area contributed by atoms with Gasteiger partial charge in [-0.05, 0) is 37.5 Å². The number of hydrogen-bond donors (Lipinski definition) is 1. The fraction of sp³-hybridized carbons (Fsp3) is 0.824. The van der Waals surface area contributed by atoms with Crippen LogP contribution in [-0.4, -0.2) is 58.1 Å². The van der Waals surface area contributed by atoms with Crippen molar-refractivity contribution in [1.82, 2.24) is 10.2 Å². The number of amides is 3.